The number of aryl methyl sites for hydroxylation is 1. The minimum absolute atomic E-state index is 0.0656. The molecule has 1 saturated heterocycles. The quantitative estimate of drug-likeness (QED) is 0.722. The first-order valence-electron chi connectivity index (χ1n) is 9.85. The summed E-state index contributed by atoms with van der Waals surface area (Å²) >= 11 is 1.75. The van der Waals surface area contributed by atoms with E-state index in [1.807, 2.05) is 24.3 Å². The predicted molar refractivity (Wildman–Crippen MR) is 114 cm³/mol. The van der Waals surface area contributed by atoms with Crippen LogP contribution in [0.4, 0.5) is 0 Å². The van der Waals surface area contributed by atoms with Crippen LogP contribution in [-0.2, 0) is 6.54 Å². The number of thioether (sulfide) groups is 1. The van der Waals surface area contributed by atoms with Gasteiger partial charge in [-0.05, 0) is 37.5 Å². The number of hydrogen-bond acceptors (Lipinski definition) is 3. The Hall–Kier alpha value is -1.78. The number of hydrogen-bond donors (Lipinski definition) is 1. The highest BCUT2D eigenvalue weighted by molar-refractivity contribution is 8.00. The topological polar surface area (TPSA) is 32.3 Å². The SMILES string of the molecule is Cc1cccc(CN2CCC(NC(=O)c3ccccc3SC(C)C)CC2)c1. The first kappa shape index (κ1) is 20.0. The first-order chi connectivity index (χ1) is 13.0. The molecule has 1 aliphatic heterocycles. The highest BCUT2D eigenvalue weighted by atomic mass is 32.2. The van der Waals surface area contributed by atoms with Crippen LogP contribution in [0.25, 0.3) is 0 Å². The van der Waals surface area contributed by atoms with Gasteiger partial charge in [-0.1, -0.05) is 55.8 Å². The van der Waals surface area contributed by atoms with Gasteiger partial charge in [-0.2, -0.15) is 0 Å². The smallest absolute Gasteiger partial charge is 0.252 e. The molecule has 0 unspecified atom stereocenters. The van der Waals surface area contributed by atoms with Gasteiger partial charge in [0, 0.05) is 35.8 Å². The fourth-order valence-electron chi connectivity index (χ4n) is 3.58. The van der Waals surface area contributed by atoms with E-state index in [1.54, 1.807) is 11.8 Å². The van der Waals surface area contributed by atoms with Crippen LogP contribution >= 0.6 is 11.8 Å². The van der Waals surface area contributed by atoms with Crippen molar-refractivity contribution in [2.45, 2.75) is 56.3 Å². The number of likely N-dealkylation sites (tertiary alicyclic amines) is 1. The van der Waals surface area contributed by atoms with Gasteiger partial charge in [-0.15, -0.1) is 11.8 Å². The molecule has 2 aromatic rings. The molecule has 0 saturated carbocycles. The van der Waals surface area contributed by atoms with Crippen LogP contribution in [0.1, 0.15) is 48.2 Å². The third kappa shape index (κ3) is 5.85. The Morgan fingerprint density at radius 1 is 1.15 bits per heavy atom. The van der Waals surface area contributed by atoms with Gasteiger partial charge < -0.3 is 5.32 Å². The molecule has 2 aromatic carbocycles. The lowest BCUT2D eigenvalue weighted by atomic mass is 10.0. The van der Waals surface area contributed by atoms with Crippen LogP contribution in [0.3, 0.4) is 0 Å². The van der Waals surface area contributed by atoms with Crippen LogP contribution < -0.4 is 5.32 Å². The van der Waals surface area contributed by atoms with Gasteiger partial charge in [0.15, 0.2) is 0 Å². The number of rotatable bonds is 6. The van der Waals surface area contributed by atoms with Gasteiger partial charge >= 0.3 is 0 Å². The Morgan fingerprint density at radius 3 is 2.59 bits per heavy atom. The minimum atomic E-state index is 0.0656. The molecule has 1 N–H and O–H groups in total. The molecule has 0 radical (unpaired) electrons. The average molecular weight is 383 g/mol. The Balaban J connectivity index is 1.53. The summed E-state index contributed by atoms with van der Waals surface area (Å²) in [5.74, 6) is 0.0656. The third-order valence-corrected chi connectivity index (χ3v) is 5.99. The molecule has 0 aromatic heterocycles. The fraction of sp³-hybridized carbons (Fsp3) is 0.435. The molecule has 1 amide bonds. The van der Waals surface area contributed by atoms with Gasteiger partial charge in [-0.25, -0.2) is 0 Å². The standard InChI is InChI=1S/C23H30N2OS/c1-17(2)27-22-10-5-4-9-21(22)23(26)24-20-11-13-25(14-12-20)16-19-8-6-7-18(3)15-19/h4-10,15,17,20H,11-14,16H2,1-3H3,(H,24,26). The summed E-state index contributed by atoms with van der Waals surface area (Å²) in [4.78, 5) is 16.3. The van der Waals surface area contributed by atoms with Crippen molar-refractivity contribution >= 4 is 17.7 Å². The molecule has 3 rings (SSSR count). The summed E-state index contributed by atoms with van der Waals surface area (Å²) in [5, 5.41) is 3.73. The first-order valence-corrected chi connectivity index (χ1v) is 10.7. The summed E-state index contributed by atoms with van der Waals surface area (Å²) in [6.07, 6.45) is 2.02. The second-order valence-corrected chi connectivity index (χ2v) is 9.29. The number of carbonyl (C=O) groups is 1. The molecule has 0 aliphatic carbocycles. The molecule has 0 bridgehead atoms. The number of nitrogens with zero attached hydrogens (tertiary/aromatic N) is 1. The van der Waals surface area contributed by atoms with E-state index in [4.69, 9.17) is 0 Å². The number of piperidine rings is 1. The lowest BCUT2D eigenvalue weighted by Gasteiger charge is -2.32. The predicted octanol–water partition coefficient (Wildman–Crippen LogP) is 4.89. The van der Waals surface area contributed by atoms with Crippen molar-refractivity contribution in [3.05, 3.63) is 65.2 Å². The van der Waals surface area contributed by atoms with Crippen LogP contribution in [0.15, 0.2) is 53.4 Å². The van der Waals surface area contributed by atoms with Crippen molar-refractivity contribution in [3.63, 3.8) is 0 Å². The molecule has 1 aliphatic rings. The summed E-state index contributed by atoms with van der Waals surface area (Å²) < 4.78 is 0. The van der Waals surface area contributed by atoms with Crippen LogP contribution in [0.2, 0.25) is 0 Å². The Kier molecular flexibility index (Phi) is 6.97. The summed E-state index contributed by atoms with van der Waals surface area (Å²) in [7, 11) is 0. The Morgan fingerprint density at radius 2 is 1.89 bits per heavy atom. The maximum absolute atomic E-state index is 12.8. The van der Waals surface area contributed by atoms with Crippen LogP contribution in [0.5, 0.6) is 0 Å². The normalized spacial score (nSPS) is 15.9. The number of benzene rings is 2. The van der Waals surface area contributed by atoms with Gasteiger partial charge in [0.2, 0.25) is 0 Å². The van der Waals surface area contributed by atoms with E-state index in [-0.39, 0.29) is 11.9 Å². The Bertz CT molecular complexity index is 766. The Labute approximate surface area is 167 Å². The average Bonchev–Trinajstić information content (AvgIpc) is 2.63. The van der Waals surface area contributed by atoms with E-state index < -0.39 is 0 Å². The van der Waals surface area contributed by atoms with Crippen LogP contribution in [0, 0.1) is 6.92 Å². The van der Waals surface area contributed by atoms with E-state index in [1.165, 1.54) is 11.1 Å². The van der Waals surface area contributed by atoms with E-state index in [9.17, 15) is 4.79 Å². The molecule has 1 heterocycles. The van der Waals surface area contributed by atoms with Gasteiger partial charge in [0.05, 0.1) is 5.56 Å². The van der Waals surface area contributed by atoms with E-state index >= 15 is 0 Å². The molecule has 144 valence electrons. The van der Waals surface area contributed by atoms with Crippen molar-refractivity contribution in [3.8, 4) is 0 Å². The van der Waals surface area contributed by atoms with Crippen molar-refractivity contribution in [1.29, 1.82) is 0 Å². The van der Waals surface area contributed by atoms with Crippen LogP contribution in [-0.4, -0.2) is 35.2 Å². The zero-order valence-electron chi connectivity index (χ0n) is 16.6. The van der Waals surface area contributed by atoms with E-state index in [0.717, 1.165) is 42.9 Å². The fourth-order valence-corrected chi connectivity index (χ4v) is 4.53. The largest absolute Gasteiger partial charge is 0.349 e. The van der Waals surface area contributed by atoms with Gasteiger partial charge in [0.25, 0.3) is 5.91 Å². The molecular formula is C23H30N2OS. The van der Waals surface area contributed by atoms with Gasteiger partial charge in [-0.3, -0.25) is 9.69 Å². The van der Waals surface area contributed by atoms with Crippen molar-refractivity contribution in [2.75, 3.05) is 13.1 Å². The maximum Gasteiger partial charge on any atom is 0.252 e. The van der Waals surface area contributed by atoms with E-state index in [2.05, 4.69) is 55.3 Å². The monoisotopic (exact) mass is 382 g/mol. The number of amides is 1. The zero-order valence-corrected chi connectivity index (χ0v) is 17.4. The van der Waals surface area contributed by atoms with Crippen molar-refractivity contribution < 1.29 is 4.79 Å². The molecule has 3 nitrogen and oxygen atoms in total. The molecule has 27 heavy (non-hydrogen) atoms. The molecule has 0 spiro atoms. The molecule has 4 heteroatoms. The number of carbonyl (C=O) groups excluding carboxylic acids is 1. The second-order valence-electron chi connectivity index (χ2n) is 7.68. The highest BCUT2D eigenvalue weighted by Crippen LogP contribution is 2.26. The molecule has 1 fully saturated rings. The van der Waals surface area contributed by atoms with Crippen molar-refractivity contribution in [1.82, 2.24) is 10.2 Å². The van der Waals surface area contributed by atoms with Gasteiger partial charge in [0.1, 0.15) is 0 Å². The van der Waals surface area contributed by atoms with E-state index in [0.29, 0.717) is 5.25 Å². The lowest BCUT2D eigenvalue weighted by Crippen LogP contribution is -2.44. The highest BCUT2D eigenvalue weighted by Gasteiger charge is 2.22. The minimum Gasteiger partial charge on any atom is -0.349 e. The summed E-state index contributed by atoms with van der Waals surface area (Å²) in [6, 6.07) is 16.9. The third-order valence-electron chi connectivity index (χ3n) is 4.91. The number of nitrogens with one attached hydrogen (secondary N) is 1. The molecular weight excluding hydrogens is 352 g/mol. The summed E-state index contributed by atoms with van der Waals surface area (Å²) in [5.41, 5.74) is 3.49. The molecule has 0 atom stereocenters. The second kappa shape index (κ2) is 9.43. The van der Waals surface area contributed by atoms with Crippen molar-refractivity contribution in [2.24, 2.45) is 0 Å². The lowest BCUT2D eigenvalue weighted by molar-refractivity contribution is 0.0906. The zero-order chi connectivity index (χ0) is 19.2. The maximum atomic E-state index is 12.8. The summed E-state index contributed by atoms with van der Waals surface area (Å²) in [6.45, 7) is 9.51.